The quantitative estimate of drug-likeness (QED) is 0.191. The van der Waals surface area contributed by atoms with Crippen LogP contribution in [0.25, 0.3) is 33.3 Å². The number of aryl methyl sites for hydroxylation is 2. The Morgan fingerprint density at radius 3 is 1.80 bits per heavy atom. The van der Waals surface area contributed by atoms with Crippen LogP contribution in [-0.4, -0.2) is 21.9 Å². The van der Waals surface area contributed by atoms with Crippen molar-refractivity contribution < 1.29 is 14.7 Å². The molecule has 1 atom stereocenters. The van der Waals surface area contributed by atoms with E-state index in [0.29, 0.717) is 39.2 Å². The Morgan fingerprint density at radius 1 is 0.571 bits per heavy atom. The Bertz CT molecular complexity index is 2390. The monoisotopic (exact) mass is 636 g/mol. The van der Waals surface area contributed by atoms with Gasteiger partial charge in [0.2, 0.25) is 0 Å². The van der Waals surface area contributed by atoms with Gasteiger partial charge in [-0.05, 0) is 67.4 Å². The second kappa shape index (κ2) is 11.8. The Kier molecular flexibility index (Phi) is 7.28. The number of aliphatic hydroxyl groups is 1. The molecule has 1 N–H and O–H groups in total. The first-order valence-electron chi connectivity index (χ1n) is 16.3. The van der Waals surface area contributed by atoms with Crippen LogP contribution in [0.1, 0.15) is 48.5 Å². The van der Waals surface area contributed by atoms with Gasteiger partial charge in [0, 0.05) is 38.8 Å². The highest BCUT2D eigenvalue weighted by Gasteiger charge is 2.48. The molecule has 0 saturated carbocycles. The van der Waals surface area contributed by atoms with Gasteiger partial charge in [-0.2, -0.15) is 0 Å². The number of aromatic nitrogens is 1. The topological polar surface area (TPSA) is 70.5 Å². The van der Waals surface area contributed by atoms with Crippen LogP contribution in [0, 0.1) is 13.8 Å². The van der Waals surface area contributed by atoms with Crippen molar-refractivity contribution in [1.82, 2.24) is 4.98 Å². The fourth-order valence-electron chi connectivity index (χ4n) is 7.14. The van der Waals surface area contributed by atoms with E-state index < -0.39 is 17.4 Å². The predicted octanol–water partition coefficient (Wildman–Crippen LogP) is 9.27. The molecule has 1 aromatic heterocycles. The van der Waals surface area contributed by atoms with E-state index in [4.69, 9.17) is 4.98 Å². The van der Waals surface area contributed by atoms with Crippen molar-refractivity contribution in [3.8, 4) is 22.4 Å². The molecule has 0 saturated heterocycles. The summed E-state index contributed by atoms with van der Waals surface area (Å²) >= 11 is 0. The van der Waals surface area contributed by atoms with Crippen LogP contribution in [0.15, 0.2) is 152 Å². The Morgan fingerprint density at radius 2 is 1.12 bits per heavy atom. The lowest BCUT2D eigenvalue weighted by atomic mass is 9.80. The molecule has 49 heavy (non-hydrogen) atoms. The molecule has 2 amide bonds. The molecule has 1 aliphatic carbocycles. The molecular weight excluding hydrogens is 604 g/mol. The van der Waals surface area contributed by atoms with Gasteiger partial charge in [-0.3, -0.25) is 9.59 Å². The Hall–Kier alpha value is -6.17. The molecule has 1 unspecified atom stereocenters. The van der Waals surface area contributed by atoms with Gasteiger partial charge in [0.05, 0.1) is 16.9 Å². The first-order chi connectivity index (χ1) is 23.8. The number of fused-ring (bicyclic) bond motifs is 4. The number of hydrogen-bond acceptors (Lipinski definition) is 4. The molecule has 1 aliphatic rings. The number of rotatable bonds is 5. The number of nitrogens with zero attached hydrogens (tertiary/aromatic N) is 2. The summed E-state index contributed by atoms with van der Waals surface area (Å²) in [5.41, 5.74) is 6.70. The molecule has 0 spiro atoms. The molecule has 5 heteroatoms. The van der Waals surface area contributed by atoms with Crippen molar-refractivity contribution in [1.29, 1.82) is 0 Å². The Labute approximate surface area is 284 Å². The van der Waals surface area contributed by atoms with E-state index in [1.165, 1.54) is 4.90 Å². The van der Waals surface area contributed by atoms with Crippen LogP contribution in [0.2, 0.25) is 0 Å². The number of pyridine rings is 1. The van der Waals surface area contributed by atoms with E-state index in [0.717, 1.165) is 38.7 Å². The van der Waals surface area contributed by atoms with E-state index in [-0.39, 0.29) is 0 Å². The molecular formula is C44H32N2O3. The lowest BCUT2D eigenvalue weighted by Crippen LogP contribution is -2.40. The van der Waals surface area contributed by atoms with E-state index in [1.807, 2.05) is 135 Å². The van der Waals surface area contributed by atoms with Crippen molar-refractivity contribution in [2.24, 2.45) is 0 Å². The zero-order valence-corrected chi connectivity index (χ0v) is 27.1. The first-order valence-corrected chi connectivity index (χ1v) is 16.3. The number of hydrogen-bond donors (Lipinski definition) is 1. The van der Waals surface area contributed by atoms with Gasteiger partial charge in [-0.15, -0.1) is 0 Å². The third-order valence-corrected chi connectivity index (χ3v) is 9.38. The summed E-state index contributed by atoms with van der Waals surface area (Å²) in [6.07, 6.45) is 0. The number of benzene rings is 6. The molecule has 8 rings (SSSR count). The normalized spacial score (nSPS) is 14.7. The molecule has 0 aliphatic heterocycles. The summed E-state index contributed by atoms with van der Waals surface area (Å²) in [6.45, 7) is 3.83. The number of para-hydroxylation sites is 1. The predicted molar refractivity (Wildman–Crippen MR) is 195 cm³/mol. The van der Waals surface area contributed by atoms with Crippen molar-refractivity contribution in [3.63, 3.8) is 0 Å². The number of carbonyl (C=O) groups is 2. The third-order valence-electron chi connectivity index (χ3n) is 9.38. The largest absolute Gasteiger partial charge is 0.376 e. The molecule has 0 fully saturated rings. The first kappa shape index (κ1) is 30.2. The van der Waals surface area contributed by atoms with Gasteiger partial charge in [0.25, 0.3) is 11.8 Å². The highest BCUT2D eigenvalue weighted by molar-refractivity contribution is 6.26. The highest BCUT2D eigenvalue weighted by atomic mass is 16.3. The molecule has 0 radical (unpaired) electrons. The average molecular weight is 637 g/mol. The maximum absolute atomic E-state index is 14.6. The van der Waals surface area contributed by atoms with Crippen LogP contribution >= 0.6 is 0 Å². The maximum Gasteiger partial charge on any atom is 0.265 e. The number of anilines is 1. The summed E-state index contributed by atoms with van der Waals surface area (Å²) in [5.74, 6) is -0.960. The van der Waals surface area contributed by atoms with Crippen LogP contribution in [0.5, 0.6) is 0 Å². The fraction of sp³-hybridized carbons (Fsp3) is 0.0682. The second-order valence-corrected chi connectivity index (χ2v) is 12.6. The zero-order valence-electron chi connectivity index (χ0n) is 27.1. The van der Waals surface area contributed by atoms with Crippen molar-refractivity contribution in [2.75, 3.05) is 4.90 Å². The Balaban J connectivity index is 1.40. The summed E-state index contributed by atoms with van der Waals surface area (Å²) in [4.78, 5) is 35.5. The smallest absolute Gasteiger partial charge is 0.265 e. The van der Waals surface area contributed by atoms with Gasteiger partial charge in [0.1, 0.15) is 5.60 Å². The highest BCUT2D eigenvalue weighted by Crippen LogP contribution is 2.56. The molecule has 7 aromatic rings. The second-order valence-electron chi connectivity index (χ2n) is 12.6. The van der Waals surface area contributed by atoms with Gasteiger partial charge in [-0.1, -0.05) is 120 Å². The van der Waals surface area contributed by atoms with Gasteiger partial charge in [0.15, 0.2) is 0 Å². The van der Waals surface area contributed by atoms with Crippen LogP contribution < -0.4 is 4.90 Å². The van der Waals surface area contributed by atoms with Crippen molar-refractivity contribution in [2.45, 2.75) is 19.4 Å². The third kappa shape index (κ3) is 4.95. The van der Waals surface area contributed by atoms with Gasteiger partial charge in [-0.25, -0.2) is 9.88 Å². The lowest BCUT2D eigenvalue weighted by Gasteiger charge is -2.33. The molecule has 6 aromatic carbocycles. The van der Waals surface area contributed by atoms with E-state index in [1.54, 1.807) is 30.3 Å². The summed E-state index contributed by atoms with van der Waals surface area (Å²) in [5, 5.41) is 14.5. The average Bonchev–Trinajstić information content (AvgIpc) is 3.40. The fourth-order valence-corrected chi connectivity index (χ4v) is 7.14. The minimum absolute atomic E-state index is 0.315. The zero-order chi connectivity index (χ0) is 33.7. The number of amides is 2. The van der Waals surface area contributed by atoms with Crippen molar-refractivity contribution in [3.05, 3.63) is 191 Å². The molecule has 0 bridgehead atoms. The van der Waals surface area contributed by atoms with Crippen molar-refractivity contribution >= 4 is 28.4 Å². The minimum atomic E-state index is -1.75. The van der Waals surface area contributed by atoms with E-state index in [2.05, 4.69) is 0 Å². The van der Waals surface area contributed by atoms with Gasteiger partial charge < -0.3 is 5.11 Å². The number of carbonyl (C=O) groups excluding carboxylic acids is 2. The summed E-state index contributed by atoms with van der Waals surface area (Å²) in [7, 11) is 0. The van der Waals surface area contributed by atoms with Gasteiger partial charge >= 0.3 is 0 Å². The molecule has 1 heterocycles. The molecule has 5 nitrogen and oxygen atoms in total. The van der Waals surface area contributed by atoms with E-state index in [9.17, 15) is 14.7 Å². The maximum atomic E-state index is 14.6. The summed E-state index contributed by atoms with van der Waals surface area (Å²) < 4.78 is 0. The number of imide groups is 1. The standard InChI is InChI=1S/C44H32N2O3/c1-28-12-9-15-31(26-28)42(47)46(43(48)32-16-10-13-29(2)27-32)40-23-11-19-34-33-17-4-6-20-36(33)44(49,41(34)40)37-21-7-5-18-35(37)39-25-24-30-14-3-8-22-38(30)45-39/h3-27,49H,1-2H3. The van der Waals surface area contributed by atoms with Crippen LogP contribution in [0.4, 0.5) is 5.69 Å². The van der Waals surface area contributed by atoms with Crippen LogP contribution in [-0.2, 0) is 5.60 Å². The van der Waals surface area contributed by atoms with E-state index >= 15 is 0 Å². The summed E-state index contributed by atoms with van der Waals surface area (Å²) in [6, 6.07) is 47.3. The van der Waals surface area contributed by atoms with Crippen LogP contribution in [0.3, 0.4) is 0 Å². The molecule has 236 valence electrons. The lowest BCUT2D eigenvalue weighted by molar-refractivity contribution is 0.0895. The SMILES string of the molecule is Cc1cccc(C(=O)N(C(=O)c2cccc(C)c2)c2cccc3c2C(O)(c2ccccc2-c2ccc4ccccc4n2)c2ccccc2-3)c1. The minimum Gasteiger partial charge on any atom is -0.376 e.